The molecule has 6 heteroatoms. The van der Waals surface area contributed by atoms with Crippen LogP contribution in [-0.2, 0) is 18.0 Å². The van der Waals surface area contributed by atoms with E-state index < -0.39 is 11.9 Å². The Kier molecular flexibility index (Phi) is 5.89. The Morgan fingerprint density at radius 2 is 1.42 bits per heavy atom. The molecule has 154 valence electrons. The molecule has 0 atom stereocenters. The first-order valence-corrected chi connectivity index (χ1v) is 9.66. The largest absolute Gasteiger partial charge is 0.487 e. The van der Waals surface area contributed by atoms with Crippen molar-refractivity contribution in [1.29, 1.82) is 0 Å². The number of carboxylic acid groups (broad SMARTS) is 1. The zero-order valence-corrected chi connectivity index (χ0v) is 16.5. The van der Waals surface area contributed by atoms with Crippen molar-refractivity contribution < 1.29 is 24.2 Å². The first kappa shape index (κ1) is 20.1. The summed E-state index contributed by atoms with van der Waals surface area (Å²) in [6, 6.07) is 25.1. The maximum atomic E-state index is 12.7. The first-order valence-electron chi connectivity index (χ1n) is 9.66. The monoisotopic (exact) mass is 413 g/mol. The van der Waals surface area contributed by atoms with Gasteiger partial charge < -0.3 is 14.6 Å². The third-order valence-corrected chi connectivity index (χ3v) is 4.71. The van der Waals surface area contributed by atoms with Crippen molar-refractivity contribution in [1.82, 2.24) is 4.98 Å². The van der Waals surface area contributed by atoms with Crippen LogP contribution in [0.25, 0.3) is 10.9 Å². The number of carbonyl (C=O) groups excluding carboxylic acids is 1. The Hall–Kier alpha value is -4.19. The highest BCUT2D eigenvalue weighted by atomic mass is 16.5. The number of nitrogens with zero attached hydrogens (tertiary/aromatic N) is 1. The van der Waals surface area contributed by atoms with Crippen LogP contribution in [-0.4, -0.2) is 22.0 Å². The van der Waals surface area contributed by atoms with Crippen molar-refractivity contribution in [3.8, 4) is 5.75 Å². The van der Waals surface area contributed by atoms with Gasteiger partial charge in [0.1, 0.15) is 30.2 Å². The molecular formula is C25H19NO5. The van der Waals surface area contributed by atoms with Crippen LogP contribution in [0.5, 0.6) is 5.75 Å². The first-order chi connectivity index (χ1) is 15.1. The average molecular weight is 413 g/mol. The number of rotatable bonds is 7. The van der Waals surface area contributed by atoms with Gasteiger partial charge in [0, 0.05) is 5.39 Å². The Morgan fingerprint density at radius 1 is 0.774 bits per heavy atom. The van der Waals surface area contributed by atoms with E-state index in [1.54, 1.807) is 18.2 Å². The van der Waals surface area contributed by atoms with Crippen LogP contribution in [0.3, 0.4) is 0 Å². The number of fused-ring (bicyclic) bond motifs is 1. The van der Waals surface area contributed by atoms with Crippen LogP contribution in [0.15, 0.2) is 84.9 Å². The van der Waals surface area contributed by atoms with Crippen molar-refractivity contribution in [3.63, 3.8) is 0 Å². The summed E-state index contributed by atoms with van der Waals surface area (Å²) in [5, 5.41) is 9.80. The van der Waals surface area contributed by atoms with E-state index in [4.69, 9.17) is 9.47 Å². The lowest BCUT2D eigenvalue weighted by atomic mass is 10.1. The van der Waals surface area contributed by atoms with Crippen LogP contribution in [0.2, 0.25) is 0 Å². The minimum absolute atomic E-state index is 0.133. The van der Waals surface area contributed by atoms with E-state index >= 15 is 0 Å². The van der Waals surface area contributed by atoms with Gasteiger partial charge in [-0.25, -0.2) is 14.6 Å². The highest BCUT2D eigenvalue weighted by molar-refractivity contribution is 6.06. The van der Waals surface area contributed by atoms with Gasteiger partial charge in [0.05, 0.1) is 5.56 Å². The third-order valence-electron chi connectivity index (χ3n) is 4.71. The van der Waals surface area contributed by atoms with Gasteiger partial charge in [-0.05, 0) is 35.4 Å². The maximum Gasteiger partial charge on any atom is 0.354 e. The van der Waals surface area contributed by atoms with Crippen LogP contribution in [0.4, 0.5) is 0 Å². The molecule has 6 nitrogen and oxygen atoms in total. The fraction of sp³-hybridized carbons (Fsp3) is 0.0800. The number of benzene rings is 3. The van der Waals surface area contributed by atoms with E-state index in [-0.39, 0.29) is 18.9 Å². The molecule has 31 heavy (non-hydrogen) atoms. The van der Waals surface area contributed by atoms with Gasteiger partial charge in [0.15, 0.2) is 0 Å². The summed E-state index contributed by atoms with van der Waals surface area (Å²) in [5.74, 6) is -1.29. The van der Waals surface area contributed by atoms with Gasteiger partial charge in [-0.3, -0.25) is 0 Å². The van der Waals surface area contributed by atoms with E-state index in [1.165, 1.54) is 6.07 Å². The fourth-order valence-corrected chi connectivity index (χ4v) is 3.14. The number of ether oxygens (including phenoxy) is 2. The second-order valence-corrected chi connectivity index (χ2v) is 6.85. The molecule has 0 aliphatic rings. The smallest absolute Gasteiger partial charge is 0.354 e. The lowest BCUT2D eigenvalue weighted by molar-refractivity contribution is 0.0474. The SMILES string of the molecule is O=C(O)c1ccc2c(C(=O)OCc3ccccc3)ccc(OCc3ccccc3)c2n1. The van der Waals surface area contributed by atoms with Crippen LogP contribution in [0, 0.1) is 0 Å². The molecule has 0 saturated heterocycles. The highest BCUT2D eigenvalue weighted by Crippen LogP contribution is 2.29. The van der Waals surface area contributed by atoms with Gasteiger partial charge in [-0.1, -0.05) is 60.7 Å². The van der Waals surface area contributed by atoms with E-state index in [0.29, 0.717) is 22.2 Å². The molecule has 0 radical (unpaired) electrons. The molecular weight excluding hydrogens is 394 g/mol. The molecule has 4 aromatic rings. The molecule has 4 rings (SSSR count). The van der Waals surface area contributed by atoms with E-state index in [2.05, 4.69) is 4.98 Å². The Labute approximate surface area is 178 Å². The number of carboxylic acids is 1. The normalized spacial score (nSPS) is 10.6. The second kappa shape index (κ2) is 9.09. The van der Waals surface area contributed by atoms with Gasteiger partial charge in [0.2, 0.25) is 0 Å². The molecule has 0 aliphatic heterocycles. The summed E-state index contributed by atoms with van der Waals surface area (Å²) in [7, 11) is 0. The molecule has 1 N–H and O–H groups in total. The zero-order valence-electron chi connectivity index (χ0n) is 16.5. The summed E-state index contributed by atoms with van der Waals surface area (Å²) in [6.45, 7) is 0.417. The van der Waals surface area contributed by atoms with Crippen LogP contribution in [0.1, 0.15) is 32.0 Å². The zero-order chi connectivity index (χ0) is 21.6. The minimum Gasteiger partial charge on any atom is -0.487 e. The van der Waals surface area contributed by atoms with E-state index in [0.717, 1.165) is 11.1 Å². The van der Waals surface area contributed by atoms with Crippen LogP contribution < -0.4 is 4.74 Å². The lowest BCUT2D eigenvalue weighted by Gasteiger charge is -2.12. The van der Waals surface area contributed by atoms with Crippen molar-refractivity contribution in [2.45, 2.75) is 13.2 Å². The molecule has 1 heterocycles. The topological polar surface area (TPSA) is 85.7 Å². The summed E-state index contributed by atoms with van der Waals surface area (Å²) in [5.41, 5.74) is 2.28. The highest BCUT2D eigenvalue weighted by Gasteiger charge is 2.18. The number of hydrogen-bond donors (Lipinski definition) is 1. The van der Waals surface area contributed by atoms with Gasteiger partial charge in [-0.15, -0.1) is 0 Å². The molecule has 1 aromatic heterocycles. The van der Waals surface area contributed by atoms with Crippen LogP contribution >= 0.6 is 0 Å². The predicted molar refractivity (Wildman–Crippen MR) is 115 cm³/mol. The Morgan fingerprint density at radius 3 is 2.06 bits per heavy atom. The number of pyridine rings is 1. The average Bonchev–Trinajstić information content (AvgIpc) is 2.82. The van der Waals surface area contributed by atoms with E-state index in [9.17, 15) is 14.7 Å². The molecule has 0 amide bonds. The van der Waals surface area contributed by atoms with Crippen molar-refractivity contribution in [3.05, 3.63) is 107 Å². The molecule has 0 bridgehead atoms. The molecule has 0 fully saturated rings. The fourth-order valence-electron chi connectivity index (χ4n) is 3.14. The summed E-state index contributed by atoms with van der Waals surface area (Å²) in [6.07, 6.45) is 0. The summed E-state index contributed by atoms with van der Waals surface area (Å²) >= 11 is 0. The van der Waals surface area contributed by atoms with Crippen molar-refractivity contribution in [2.75, 3.05) is 0 Å². The molecule has 0 unspecified atom stereocenters. The number of carbonyl (C=O) groups is 2. The van der Waals surface area contributed by atoms with E-state index in [1.807, 2.05) is 60.7 Å². The third kappa shape index (κ3) is 4.70. The number of hydrogen-bond acceptors (Lipinski definition) is 5. The maximum absolute atomic E-state index is 12.7. The second-order valence-electron chi connectivity index (χ2n) is 6.85. The number of aromatic carboxylic acids is 1. The van der Waals surface area contributed by atoms with Gasteiger partial charge in [-0.2, -0.15) is 0 Å². The van der Waals surface area contributed by atoms with Crippen molar-refractivity contribution >= 4 is 22.8 Å². The Balaban J connectivity index is 1.65. The Bertz CT molecular complexity index is 1220. The molecule has 0 saturated carbocycles. The standard InChI is InChI=1S/C25H19NO5/c27-24(28)21-13-11-19-20(25(29)31-16-18-9-5-2-6-10-18)12-14-22(23(19)26-21)30-15-17-7-3-1-4-8-17/h1-14H,15-16H2,(H,27,28). The summed E-state index contributed by atoms with van der Waals surface area (Å²) in [4.78, 5) is 28.4. The quantitative estimate of drug-likeness (QED) is 0.435. The van der Waals surface area contributed by atoms with Crippen molar-refractivity contribution in [2.24, 2.45) is 0 Å². The minimum atomic E-state index is -1.16. The number of aromatic nitrogens is 1. The molecule has 0 aliphatic carbocycles. The number of esters is 1. The van der Waals surface area contributed by atoms with Gasteiger partial charge >= 0.3 is 11.9 Å². The molecule has 0 spiro atoms. The lowest BCUT2D eigenvalue weighted by Crippen LogP contribution is -2.08. The predicted octanol–water partition coefficient (Wildman–Crippen LogP) is 4.87. The summed E-state index contributed by atoms with van der Waals surface area (Å²) < 4.78 is 11.3. The molecule has 3 aromatic carbocycles. The van der Waals surface area contributed by atoms with Gasteiger partial charge in [0.25, 0.3) is 0 Å².